The van der Waals surface area contributed by atoms with Crippen molar-refractivity contribution in [3.8, 4) is 0 Å². The van der Waals surface area contributed by atoms with Gasteiger partial charge in [0, 0.05) is 19.4 Å². The molecule has 1 atom stereocenters. The van der Waals surface area contributed by atoms with Gasteiger partial charge in [-0.15, -0.1) is 0 Å². The van der Waals surface area contributed by atoms with Gasteiger partial charge in [-0.2, -0.15) is 0 Å². The molecule has 0 amide bonds. The molecule has 0 saturated heterocycles. The highest BCUT2D eigenvalue weighted by Crippen LogP contribution is 2.43. The van der Waals surface area contributed by atoms with E-state index in [1.54, 1.807) is 12.2 Å². The van der Waals surface area contributed by atoms with Crippen molar-refractivity contribution in [3.63, 3.8) is 0 Å². The van der Waals surface area contributed by atoms with Crippen LogP contribution in [0.5, 0.6) is 0 Å². The summed E-state index contributed by atoms with van der Waals surface area (Å²) in [5, 5.41) is 0. The van der Waals surface area contributed by atoms with Crippen molar-refractivity contribution < 1.29 is 23.9 Å². The molecule has 120 valence electrons. The Bertz CT molecular complexity index is 718. The number of ether oxygens (including phenoxy) is 2. The van der Waals surface area contributed by atoms with E-state index in [0.717, 1.165) is 31.3 Å². The highest BCUT2D eigenvalue weighted by atomic mass is 16.5. The number of allylic oxidation sites excluding steroid dienone is 6. The number of hydrogen-bond donors (Lipinski definition) is 0. The molecule has 0 aliphatic heterocycles. The van der Waals surface area contributed by atoms with Crippen LogP contribution in [0.2, 0.25) is 0 Å². The smallest absolute Gasteiger partial charge is 0.308 e. The molecule has 0 fully saturated rings. The number of Topliss-reactive ketones (excluding diaryl/α,β-unsaturated/α-hetero) is 1. The van der Waals surface area contributed by atoms with E-state index >= 15 is 0 Å². The fourth-order valence-electron chi connectivity index (χ4n) is 3.41. The normalized spacial score (nSPS) is 23.1. The van der Waals surface area contributed by atoms with E-state index in [-0.39, 0.29) is 11.7 Å². The molecule has 5 heteroatoms. The van der Waals surface area contributed by atoms with Crippen molar-refractivity contribution in [2.45, 2.75) is 39.5 Å². The molecular formula is C18H18O5. The Kier molecular flexibility index (Phi) is 4.03. The molecule has 0 N–H and O–H groups in total. The maximum Gasteiger partial charge on any atom is 0.308 e. The van der Waals surface area contributed by atoms with Crippen LogP contribution in [0.15, 0.2) is 46.5 Å². The van der Waals surface area contributed by atoms with Gasteiger partial charge in [-0.25, -0.2) is 0 Å². The lowest BCUT2D eigenvalue weighted by atomic mass is 9.72. The molecule has 0 radical (unpaired) electrons. The minimum absolute atomic E-state index is 0.0253. The first-order valence-electron chi connectivity index (χ1n) is 7.72. The van der Waals surface area contributed by atoms with Crippen LogP contribution >= 0.6 is 0 Å². The second-order valence-electron chi connectivity index (χ2n) is 5.92. The number of ketones is 1. The quantitative estimate of drug-likeness (QED) is 0.733. The van der Waals surface area contributed by atoms with Crippen LogP contribution in [0.3, 0.4) is 0 Å². The number of carbonyl (C=O) groups excluding carboxylic acids is 3. The molecule has 1 unspecified atom stereocenters. The predicted octanol–water partition coefficient (Wildman–Crippen LogP) is 2.89. The first-order valence-corrected chi connectivity index (χ1v) is 7.72. The molecule has 0 saturated carbocycles. The fraction of sp³-hybridized carbons (Fsp3) is 0.389. The van der Waals surface area contributed by atoms with E-state index in [1.807, 2.05) is 6.08 Å². The van der Waals surface area contributed by atoms with Crippen LogP contribution in [0, 0.1) is 5.92 Å². The van der Waals surface area contributed by atoms with Crippen molar-refractivity contribution in [3.05, 3.63) is 46.5 Å². The van der Waals surface area contributed by atoms with Gasteiger partial charge in [0.25, 0.3) is 0 Å². The van der Waals surface area contributed by atoms with E-state index in [1.165, 1.54) is 13.8 Å². The monoisotopic (exact) mass is 314 g/mol. The summed E-state index contributed by atoms with van der Waals surface area (Å²) in [6.07, 6.45) is 8.41. The summed E-state index contributed by atoms with van der Waals surface area (Å²) in [6, 6.07) is 0. The molecule has 3 aliphatic carbocycles. The zero-order valence-corrected chi connectivity index (χ0v) is 13.2. The Balaban J connectivity index is 2.04. The Labute approximate surface area is 134 Å². The summed E-state index contributed by atoms with van der Waals surface area (Å²) in [4.78, 5) is 35.6. The largest absolute Gasteiger partial charge is 0.426 e. The number of carbonyl (C=O) groups is 3. The summed E-state index contributed by atoms with van der Waals surface area (Å²) < 4.78 is 10.4. The van der Waals surface area contributed by atoms with Crippen molar-refractivity contribution in [1.29, 1.82) is 0 Å². The van der Waals surface area contributed by atoms with Gasteiger partial charge < -0.3 is 9.47 Å². The van der Waals surface area contributed by atoms with Crippen LogP contribution in [0.4, 0.5) is 0 Å². The molecule has 0 spiro atoms. The number of esters is 2. The van der Waals surface area contributed by atoms with Gasteiger partial charge in [0.15, 0.2) is 5.78 Å². The number of rotatable bonds is 2. The summed E-state index contributed by atoms with van der Waals surface area (Å²) in [5.41, 5.74) is 2.01. The van der Waals surface area contributed by atoms with Crippen LogP contribution in [-0.4, -0.2) is 17.7 Å². The Morgan fingerprint density at radius 2 is 1.91 bits per heavy atom. The van der Waals surface area contributed by atoms with E-state index in [2.05, 4.69) is 0 Å². The zero-order chi connectivity index (χ0) is 16.6. The van der Waals surface area contributed by atoms with Crippen molar-refractivity contribution in [2.75, 3.05) is 0 Å². The van der Waals surface area contributed by atoms with Gasteiger partial charge in [-0.1, -0.05) is 11.6 Å². The third-order valence-electron chi connectivity index (χ3n) is 4.21. The summed E-state index contributed by atoms with van der Waals surface area (Å²) in [7, 11) is 0. The molecule has 0 aromatic carbocycles. The minimum Gasteiger partial charge on any atom is -0.426 e. The number of hydrogen-bond acceptors (Lipinski definition) is 5. The zero-order valence-electron chi connectivity index (χ0n) is 13.2. The molecule has 0 heterocycles. The standard InChI is InChI=1S/C18H18O5/c1-10(19)22-14-7-3-5-12-9-13-6-4-8-15(23-11(2)20)17(13)18(21)16(12)14/h3,7-8,12H,4-6,9H2,1-2H3. The van der Waals surface area contributed by atoms with Gasteiger partial charge in [0.2, 0.25) is 0 Å². The average molecular weight is 314 g/mol. The van der Waals surface area contributed by atoms with Crippen molar-refractivity contribution in [2.24, 2.45) is 5.92 Å². The number of fused-ring (bicyclic) bond motifs is 1. The third kappa shape index (κ3) is 2.91. The molecule has 3 aliphatic rings. The molecule has 23 heavy (non-hydrogen) atoms. The molecule has 0 aromatic heterocycles. The molecule has 3 rings (SSSR count). The second-order valence-corrected chi connectivity index (χ2v) is 5.92. The Morgan fingerprint density at radius 1 is 1.17 bits per heavy atom. The summed E-state index contributed by atoms with van der Waals surface area (Å²) >= 11 is 0. The van der Waals surface area contributed by atoms with Gasteiger partial charge in [0.05, 0.1) is 5.57 Å². The van der Waals surface area contributed by atoms with Crippen molar-refractivity contribution >= 4 is 17.7 Å². The van der Waals surface area contributed by atoms with Gasteiger partial charge in [-0.3, -0.25) is 14.4 Å². The van der Waals surface area contributed by atoms with E-state index in [9.17, 15) is 14.4 Å². The Morgan fingerprint density at radius 3 is 2.61 bits per heavy atom. The van der Waals surface area contributed by atoms with Gasteiger partial charge >= 0.3 is 11.9 Å². The summed E-state index contributed by atoms with van der Waals surface area (Å²) in [5.74, 6) is -0.409. The van der Waals surface area contributed by atoms with Crippen LogP contribution in [0.1, 0.15) is 39.5 Å². The topological polar surface area (TPSA) is 69.7 Å². The lowest BCUT2D eigenvalue weighted by Crippen LogP contribution is -2.29. The van der Waals surface area contributed by atoms with E-state index in [4.69, 9.17) is 9.47 Å². The maximum absolute atomic E-state index is 13.0. The lowest BCUT2D eigenvalue weighted by molar-refractivity contribution is -0.137. The van der Waals surface area contributed by atoms with E-state index < -0.39 is 11.9 Å². The first-order chi connectivity index (χ1) is 11.0. The average Bonchev–Trinajstić information content (AvgIpc) is 2.46. The van der Waals surface area contributed by atoms with Crippen molar-refractivity contribution in [1.82, 2.24) is 0 Å². The molecule has 0 bridgehead atoms. The SMILES string of the molecule is CC(=O)OC1=CCCC2=C1C(=O)C1=C(OC(C)=O)C=CCC1C2. The first kappa shape index (κ1) is 15.5. The Hall–Kier alpha value is -2.43. The molecular weight excluding hydrogens is 296 g/mol. The molecule has 5 nitrogen and oxygen atoms in total. The minimum atomic E-state index is -0.454. The van der Waals surface area contributed by atoms with Gasteiger partial charge in [-0.05, 0) is 43.8 Å². The third-order valence-corrected chi connectivity index (χ3v) is 4.21. The van der Waals surface area contributed by atoms with E-state index in [0.29, 0.717) is 22.7 Å². The lowest BCUT2D eigenvalue weighted by Gasteiger charge is -2.33. The second kappa shape index (κ2) is 5.99. The summed E-state index contributed by atoms with van der Waals surface area (Å²) in [6.45, 7) is 2.63. The van der Waals surface area contributed by atoms with Crippen LogP contribution in [0.25, 0.3) is 0 Å². The van der Waals surface area contributed by atoms with Crippen LogP contribution in [-0.2, 0) is 23.9 Å². The highest BCUT2D eigenvalue weighted by molar-refractivity contribution is 6.13. The fourth-order valence-corrected chi connectivity index (χ4v) is 3.41. The molecule has 0 aromatic rings. The highest BCUT2D eigenvalue weighted by Gasteiger charge is 2.39. The van der Waals surface area contributed by atoms with Gasteiger partial charge in [0.1, 0.15) is 11.5 Å². The maximum atomic E-state index is 13.0. The predicted molar refractivity (Wildman–Crippen MR) is 81.8 cm³/mol. The van der Waals surface area contributed by atoms with Crippen LogP contribution < -0.4 is 0 Å².